The van der Waals surface area contributed by atoms with Gasteiger partial charge in [0.25, 0.3) is 0 Å². The molecule has 4 amide bonds. The summed E-state index contributed by atoms with van der Waals surface area (Å²) in [5, 5.41) is 1.91. The highest BCUT2D eigenvalue weighted by Crippen LogP contribution is 1.82. The summed E-state index contributed by atoms with van der Waals surface area (Å²) in [5.41, 5.74) is 4.70. The minimum atomic E-state index is -0.856. The third-order valence-electron chi connectivity index (χ3n) is 0.980. The van der Waals surface area contributed by atoms with Crippen molar-refractivity contribution in [1.29, 1.82) is 0 Å². The zero-order chi connectivity index (χ0) is 8.85. The summed E-state index contributed by atoms with van der Waals surface area (Å²) in [4.78, 5) is 22.2. The molecule has 0 aromatic carbocycles. The van der Waals surface area contributed by atoms with Gasteiger partial charge in [0.1, 0.15) is 0 Å². The zero-order valence-corrected chi connectivity index (χ0v) is 6.33. The van der Waals surface area contributed by atoms with Gasteiger partial charge in [0.2, 0.25) is 0 Å². The molecule has 0 aliphatic heterocycles. The summed E-state index contributed by atoms with van der Waals surface area (Å²) in [5.74, 6) is 0. The summed E-state index contributed by atoms with van der Waals surface area (Å²) in [6.45, 7) is 3.80. The Morgan fingerprint density at radius 2 is 2.27 bits per heavy atom. The van der Waals surface area contributed by atoms with Crippen molar-refractivity contribution in [3.8, 4) is 0 Å². The molecule has 0 rings (SSSR count). The molecule has 3 N–H and O–H groups in total. The molecule has 0 aromatic rings. The van der Waals surface area contributed by atoms with Crippen molar-refractivity contribution >= 4 is 12.1 Å². The number of urea groups is 2. The molecule has 0 atom stereocenters. The van der Waals surface area contributed by atoms with E-state index in [-0.39, 0.29) is 0 Å². The van der Waals surface area contributed by atoms with E-state index in [2.05, 4.69) is 6.58 Å². The zero-order valence-electron chi connectivity index (χ0n) is 6.33. The number of likely N-dealkylation sites (N-methyl/N-ethyl adjacent to an activating group) is 1. The van der Waals surface area contributed by atoms with Crippen LogP contribution in [0.25, 0.3) is 0 Å². The third-order valence-corrected chi connectivity index (χ3v) is 0.980. The van der Waals surface area contributed by atoms with Crippen LogP contribution in [0.4, 0.5) is 9.59 Å². The predicted molar refractivity (Wildman–Crippen MR) is 40.9 cm³/mol. The Bertz CT molecular complexity index is 179. The average molecular weight is 157 g/mol. The monoisotopic (exact) mass is 157 g/mol. The molecule has 0 aromatic heterocycles. The summed E-state index contributed by atoms with van der Waals surface area (Å²) in [6.07, 6.45) is 1.54. The summed E-state index contributed by atoms with van der Waals surface area (Å²) in [7, 11) is 1.53. The average Bonchev–Trinajstić information content (AvgIpc) is 1.86. The van der Waals surface area contributed by atoms with E-state index in [0.29, 0.717) is 6.54 Å². The number of amides is 4. The molecule has 0 saturated carbocycles. The van der Waals surface area contributed by atoms with Crippen molar-refractivity contribution in [1.82, 2.24) is 10.2 Å². The number of carbonyl (C=O) groups excluding carboxylic acids is 2. The van der Waals surface area contributed by atoms with E-state index < -0.39 is 12.1 Å². The van der Waals surface area contributed by atoms with Gasteiger partial charge in [-0.1, -0.05) is 6.08 Å². The first-order chi connectivity index (χ1) is 5.07. The minimum Gasteiger partial charge on any atom is -0.351 e. The quantitative estimate of drug-likeness (QED) is 0.549. The van der Waals surface area contributed by atoms with Crippen molar-refractivity contribution in [3.63, 3.8) is 0 Å². The first-order valence-corrected chi connectivity index (χ1v) is 3.00. The number of rotatable bonds is 2. The molecule has 0 bridgehead atoms. The van der Waals surface area contributed by atoms with E-state index in [0.717, 1.165) is 0 Å². The van der Waals surface area contributed by atoms with E-state index in [9.17, 15) is 9.59 Å². The standard InChI is InChI=1S/C6H11N3O2/c1-3-4-9(2)6(11)8-5(7)10/h3H,1,4H2,2H3,(H3,7,8,10,11). The van der Waals surface area contributed by atoms with Crippen LogP contribution in [0.15, 0.2) is 12.7 Å². The molecule has 0 aliphatic rings. The van der Waals surface area contributed by atoms with Gasteiger partial charge in [0, 0.05) is 13.6 Å². The maximum absolute atomic E-state index is 10.8. The van der Waals surface area contributed by atoms with Gasteiger partial charge in [0.05, 0.1) is 0 Å². The number of nitrogens with zero attached hydrogens (tertiary/aromatic N) is 1. The van der Waals surface area contributed by atoms with E-state index in [1.54, 1.807) is 6.08 Å². The van der Waals surface area contributed by atoms with Crippen molar-refractivity contribution in [2.45, 2.75) is 0 Å². The Balaban J connectivity index is 3.82. The topological polar surface area (TPSA) is 75.4 Å². The summed E-state index contributed by atoms with van der Waals surface area (Å²) >= 11 is 0. The van der Waals surface area contributed by atoms with Crippen LogP contribution in [0.5, 0.6) is 0 Å². The normalized spacial score (nSPS) is 8.45. The molecule has 5 nitrogen and oxygen atoms in total. The molecular formula is C6H11N3O2. The molecule has 0 unspecified atom stereocenters. The van der Waals surface area contributed by atoms with Gasteiger partial charge < -0.3 is 10.6 Å². The number of primary amides is 1. The maximum atomic E-state index is 10.8. The smallest absolute Gasteiger partial charge is 0.325 e. The molecular weight excluding hydrogens is 146 g/mol. The van der Waals surface area contributed by atoms with E-state index in [1.807, 2.05) is 5.32 Å². The Labute approximate surface area is 64.8 Å². The van der Waals surface area contributed by atoms with Gasteiger partial charge in [-0.2, -0.15) is 0 Å². The van der Waals surface area contributed by atoms with Crippen molar-refractivity contribution in [2.75, 3.05) is 13.6 Å². The number of nitrogens with two attached hydrogens (primary N) is 1. The molecule has 0 heterocycles. The van der Waals surface area contributed by atoms with Crippen LogP contribution in [0.3, 0.4) is 0 Å². The molecule has 0 fully saturated rings. The first-order valence-electron chi connectivity index (χ1n) is 3.00. The molecule has 0 aliphatic carbocycles. The number of nitrogens with one attached hydrogen (secondary N) is 1. The molecule has 11 heavy (non-hydrogen) atoms. The SMILES string of the molecule is C=CCN(C)C(=O)NC(N)=O. The van der Waals surface area contributed by atoms with Gasteiger partial charge in [-0.3, -0.25) is 5.32 Å². The first kappa shape index (κ1) is 9.48. The lowest BCUT2D eigenvalue weighted by Crippen LogP contribution is -2.43. The van der Waals surface area contributed by atoms with Crippen molar-refractivity contribution in [2.24, 2.45) is 5.73 Å². The lowest BCUT2D eigenvalue weighted by Gasteiger charge is -2.13. The lowest BCUT2D eigenvalue weighted by atomic mass is 10.5. The van der Waals surface area contributed by atoms with Gasteiger partial charge in [-0.15, -0.1) is 6.58 Å². The Morgan fingerprint density at radius 3 is 2.64 bits per heavy atom. The van der Waals surface area contributed by atoms with Crippen LogP contribution in [0, 0.1) is 0 Å². The number of imide groups is 1. The van der Waals surface area contributed by atoms with Crippen LogP contribution in [-0.2, 0) is 0 Å². The van der Waals surface area contributed by atoms with Gasteiger partial charge >= 0.3 is 12.1 Å². The Hall–Kier alpha value is -1.52. The van der Waals surface area contributed by atoms with Gasteiger partial charge in [0.15, 0.2) is 0 Å². The molecule has 0 spiro atoms. The number of carbonyl (C=O) groups is 2. The maximum Gasteiger partial charge on any atom is 0.325 e. The fourth-order valence-electron chi connectivity index (χ4n) is 0.477. The van der Waals surface area contributed by atoms with Crippen LogP contribution in [0.1, 0.15) is 0 Å². The summed E-state index contributed by atoms with van der Waals surface area (Å²) in [6, 6.07) is -1.39. The second-order valence-corrected chi connectivity index (χ2v) is 1.96. The van der Waals surface area contributed by atoms with Gasteiger partial charge in [-0.25, -0.2) is 9.59 Å². The second kappa shape index (κ2) is 4.32. The van der Waals surface area contributed by atoms with Gasteiger partial charge in [-0.05, 0) is 0 Å². The number of hydrogen-bond donors (Lipinski definition) is 2. The van der Waals surface area contributed by atoms with Crippen LogP contribution in [0.2, 0.25) is 0 Å². The third kappa shape index (κ3) is 3.96. The second-order valence-electron chi connectivity index (χ2n) is 1.96. The van der Waals surface area contributed by atoms with E-state index in [4.69, 9.17) is 5.73 Å². The van der Waals surface area contributed by atoms with E-state index >= 15 is 0 Å². The fourth-order valence-corrected chi connectivity index (χ4v) is 0.477. The van der Waals surface area contributed by atoms with E-state index in [1.165, 1.54) is 11.9 Å². The Kier molecular flexibility index (Phi) is 3.72. The number of hydrogen-bond acceptors (Lipinski definition) is 2. The highest BCUT2D eigenvalue weighted by molar-refractivity contribution is 5.92. The van der Waals surface area contributed by atoms with Crippen molar-refractivity contribution < 1.29 is 9.59 Å². The largest absolute Gasteiger partial charge is 0.351 e. The summed E-state index contributed by atoms with van der Waals surface area (Å²) < 4.78 is 0. The molecule has 62 valence electrons. The molecule has 5 heteroatoms. The van der Waals surface area contributed by atoms with Crippen molar-refractivity contribution in [3.05, 3.63) is 12.7 Å². The predicted octanol–water partition coefficient (Wildman–Crippen LogP) is -0.107. The molecule has 0 saturated heterocycles. The van der Waals surface area contributed by atoms with Crippen LogP contribution in [-0.4, -0.2) is 30.6 Å². The fraction of sp³-hybridized carbons (Fsp3) is 0.333. The van der Waals surface area contributed by atoms with Crippen LogP contribution < -0.4 is 11.1 Å². The lowest BCUT2D eigenvalue weighted by molar-refractivity contribution is 0.210. The Morgan fingerprint density at radius 1 is 1.73 bits per heavy atom. The highest BCUT2D eigenvalue weighted by Gasteiger charge is 2.07. The van der Waals surface area contributed by atoms with Crippen LogP contribution >= 0.6 is 0 Å². The highest BCUT2D eigenvalue weighted by atomic mass is 16.2. The molecule has 0 radical (unpaired) electrons. The minimum absolute atomic E-state index is 0.374.